The van der Waals surface area contributed by atoms with Gasteiger partial charge in [-0.15, -0.1) is 0 Å². The van der Waals surface area contributed by atoms with Gasteiger partial charge in [0.05, 0.1) is 16.8 Å². The number of rotatable bonds is 3. The zero-order valence-corrected chi connectivity index (χ0v) is 11.5. The van der Waals surface area contributed by atoms with Crippen LogP contribution in [0, 0.1) is 12.7 Å². The minimum Gasteiger partial charge on any atom is -0.508 e. The lowest BCUT2D eigenvalue weighted by Crippen LogP contribution is -2.07. The largest absolute Gasteiger partial charge is 0.508 e. The Morgan fingerprint density at radius 3 is 2.63 bits per heavy atom. The Morgan fingerprint density at radius 2 is 1.95 bits per heavy atom. The summed E-state index contributed by atoms with van der Waals surface area (Å²) in [6, 6.07) is 9.29. The maximum absolute atomic E-state index is 13.2. The highest BCUT2D eigenvalue weighted by Gasteiger charge is 2.12. The average Bonchev–Trinajstić information content (AvgIpc) is 2.35. The van der Waals surface area contributed by atoms with E-state index in [9.17, 15) is 9.50 Å². The van der Waals surface area contributed by atoms with Gasteiger partial charge in [0.1, 0.15) is 11.6 Å². The molecule has 1 unspecified atom stereocenters. The highest BCUT2D eigenvalue weighted by molar-refractivity contribution is 6.33. The Hall–Kier alpha value is -1.74. The molecule has 0 aliphatic rings. The molecular weight excluding hydrogens is 265 g/mol. The van der Waals surface area contributed by atoms with E-state index in [2.05, 4.69) is 5.32 Å². The van der Waals surface area contributed by atoms with Crippen LogP contribution >= 0.6 is 11.6 Å². The molecule has 0 fully saturated rings. The van der Waals surface area contributed by atoms with E-state index in [1.807, 2.05) is 32.0 Å². The van der Waals surface area contributed by atoms with Crippen LogP contribution in [0.1, 0.15) is 24.1 Å². The van der Waals surface area contributed by atoms with Gasteiger partial charge in [0.2, 0.25) is 0 Å². The van der Waals surface area contributed by atoms with Crippen LogP contribution in [0.5, 0.6) is 5.75 Å². The Bertz CT molecular complexity index is 601. The third-order valence-corrected chi connectivity index (χ3v) is 3.27. The molecular formula is C15H15ClFNO. The van der Waals surface area contributed by atoms with Crippen molar-refractivity contribution in [3.63, 3.8) is 0 Å². The molecule has 0 saturated heterocycles. The molecule has 0 aromatic heterocycles. The number of hydrogen-bond acceptors (Lipinski definition) is 2. The molecule has 0 saturated carbocycles. The fraction of sp³-hybridized carbons (Fsp3) is 0.200. The summed E-state index contributed by atoms with van der Waals surface area (Å²) in [4.78, 5) is 0. The van der Waals surface area contributed by atoms with Crippen molar-refractivity contribution in [2.75, 3.05) is 5.32 Å². The highest BCUT2D eigenvalue weighted by atomic mass is 35.5. The Labute approximate surface area is 116 Å². The van der Waals surface area contributed by atoms with Crippen molar-refractivity contribution in [1.82, 2.24) is 0 Å². The zero-order chi connectivity index (χ0) is 14.0. The number of phenolic OH excluding ortho intramolecular Hbond substituents is 1. The molecule has 0 spiro atoms. The van der Waals surface area contributed by atoms with E-state index in [0.29, 0.717) is 10.6 Å². The quantitative estimate of drug-likeness (QED) is 0.856. The van der Waals surface area contributed by atoms with Crippen molar-refractivity contribution in [3.8, 4) is 5.75 Å². The van der Waals surface area contributed by atoms with E-state index < -0.39 is 0 Å². The molecule has 0 heterocycles. The van der Waals surface area contributed by atoms with Crippen LogP contribution in [-0.2, 0) is 0 Å². The standard InChI is InChI=1S/C15H15ClFNO/c1-9-3-5-14(13(16)7-9)18-10(2)12-8-11(17)4-6-15(12)19/h3-8,10,18-19H,1-2H3. The number of aromatic hydroxyl groups is 1. The summed E-state index contributed by atoms with van der Waals surface area (Å²) in [5.74, 6) is -0.318. The fourth-order valence-electron chi connectivity index (χ4n) is 1.92. The lowest BCUT2D eigenvalue weighted by atomic mass is 10.1. The topological polar surface area (TPSA) is 32.3 Å². The molecule has 1 atom stereocenters. The van der Waals surface area contributed by atoms with Crippen LogP contribution in [0.3, 0.4) is 0 Å². The van der Waals surface area contributed by atoms with E-state index in [0.717, 1.165) is 11.3 Å². The van der Waals surface area contributed by atoms with Gasteiger partial charge in [0, 0.05) is 5.56 Å². The number of halogens is 2. The molecule has 0 radical (unpaired) electrons. The number of nitrogens with one attached hydrogen (secondary N) is 1. The van der Waals surface area contributed by atoms with Crippen LogP contribution < -0.4 is 5.32 Å². The Kier molecular flexibility index (Phi) is 3.96. The summed E-state index contributed by atoms with van der Waals surface area (Å²) in [5, 5.41) is 13.5. The third-order valence-electron chi connectivity index (χ3n) is 2.95. The first-order valence-electron chi connectivity index (χ1n) is 5.98. The van der Waals surface area contributed by atoms with Crippen molar-refractivity contribution in [2.45, 2.75) is 19.9 Å². The summed E-state index contributed by atoms with van der Waals surface area (Å²) in [7, 11) is 0. The zero-order valence-electron chi connectivity index (χ0n) is 10.7. The van der Waals surface area contributed by atoms with Crippen LogP contribution in [0.15, 0.2) is 36.4 Å². The van der Waals surface area contributed by atoms with E-state index in [1.54, 1.807) is 0 Å². The maximum atomic E-state index is 13.2. The molecule has 4 heteroatoms. The second-order valence-corrected chi connectivity index (χ2v) is 4.96. The summed E-state index contributed by atoms with van der Waals surface area (Å²) < 4.78 is 13.2. The molecule has 0 bridgehead atoms. The average molecular weight is 280 g/mol. The van der Waals surface area contributed by atoms with Gasteiger partial charge in [-0.05, 0) is 49.7 Å². The van der Waals surface area contributed by atoms with E-state index in [4.69, 9.17) is 11.6 Å². The number of hydrogen-bond donors (Lipinski definition) is 2. The van der Waals surface area contributed by atoms with Gasteiger partial charge < -0.3 is 10.4 Å². The van der Waals surface area contributed by atoms with Crippen molar-refractivity contribution < 1.29 is 9.50 Å². The molecule has 0 aliphatic carbocycles. The lowest BCUT2D eigenvalue weighted by Gasteiger charge is -2.18. The summed E-state index contributed by atoms with van der Waals surface area (Å²) in [5.41, 5.74) is 2.32. The van der Waals surface area contributed by atoms with Crippen LogP contribution in [0.4, 0.5) is 10.1 Å². The first-order chi connectivity index (χ1) is 8.97. The molecule has 2 N–H and O–H groups in total. The van der Waals surface area contributed by atoms with Crippen LogP contribution in [0.2, 0.25) is 5.02 Å². The van der Waals surface area contributed by atoms with Gasteiger partial charge in [-0.2, -0.15) is 0 Å². The summed E-state index contributed by atoms with van der Waals surface area (Å²) in [6.07, 6.45) is 0. The van der Waals surface area contributed by atoms with Gasteiger partial charge in [0.25, 0.3) is 0 Å². The van der Waals surface area contributed by atoms with Crippen LogP contribution in [-0.4, -0.2) is 5.11 Å². The number of anilines is 1. The maximum Gasteiger partial charge on any atom is 0.123 e. The number of aryl methyl sites for hydroxylation is 1. The van der Waals surface area contributed by atoms with E-state index in [1.165, 1.54) is 18.2 Å². The monoisotopic (exact) mass is 279 g/mol. The molecule has 2 rings (SSSR count). The normalized spacial score (nSPS) is 12.2. The summed E-state index contributed by atoms with van der Waals surface area (Å²) >= 11 is 6.13. The van der Waals surface area contributed by atoms with Crippen molar-refractivity contribution >= 4 is 17.3 Å². The lowest BCUT2D eigenvalue weighted by molar-refractivity contribution is 0.462. The van der Waals surface area contributed by atoms with Crippen molar-refractivity contribution in [1.29, 1.82) is 0 Å². The smallest absolute Gasteiger partial charge is 0.123 e. The van der Waals surface area contributed by atoms with Gasteiger partial charge in [-0.1, -0.05) is 17.7 Å². The van der Waals surface area contributed by atoms with Gasteiger partial charge >= 0.3 is 0 Å². The van der Waals surface area contributed by atoms with Crippen LogP contribution in [0.25, 0.3) is 0 Å². The predicted octanol–water partition coefficient (Wildman–Crippen LogP) is 4.67. The number of phenols is 1. The highest BCUT2D eigenvalue weighted by Crippen LogP contribution is 2.30. The molecule has 19 heavy (non-hydrogen) atoms. The molecule has 0 amide bonds. The second-order valence-electron chi connectivity index (χ2n) is 4.55. The number of benzene rings is 2. The first-order valence-corrected chi connectivity index (χ1v) is 6.36. The van der Waals surface area contributed by atoms with Gasteiger partial charge in [-0.3, -0.25) is 0 Å². The molecule has 2 aromatic carbocycles. The molecule has 2 nitrogen and oxygen atoms in total. The van der Waals surface area contributed by atoms with Crippen molar-refractivity contribution in [2.24, 2.45) is 0 Å². The predicted molar refractivity (Wildman–Crippen MR) is 76.3 cm³/mol. The molecule has 0 aliphatic heterocycles. The van der Waals surface area contributed by atoms with E-state index >= 15 is 0 Å². The van der Waals surface area contributed by atoms with Crippen molar-refractivity contribution in [3.05, 3.63) is 58.4 Å². The fourth-order valence-corrected chi connectivity index (χ4v) is 2.21. The molecule has 100 valence electrons. The first kappa shape index (κ1) is 13.7. The minimum atomic E-state index is -0.378. The van der Waals surface area contributed by atoms with Gasteiger partial charge in [0.15, 0.2) is 0 Å². The van der Waals surface area contributed by atoms with E-state index in [-0.39, 0.29) is 17.6 Å². The second kappa shape index (κ2) is 5.49. The Morgan fingerprint density at radius 1 is 1.21 bits per heavy atom. The SMILES string of the molecule is Cc1ccc(NC(C)c2cc(F)ccc2O)c(Cl)c1. The third kappa shape index (κ3) is 3.18. The molecule has 2 aromatic rings. The minimum absolute atomic E-state index is 0.0598. The van der Waals surface area contributed by atoms with Gasteiger partial charge in [-0.25, -0.2) is 4.39 Å². The Balaban J connectivity index is 2.25. The summed E-state index contributed by atoms with van der Waals surface area (Å²) in [6.45, 7) is 3.79.